The molecule has 1 aliphatic carbocycles. The number of nitrogens with one attached hydrogen (secondary N) is 2. The Labute approximate surface area is 218 Å². The van der Waals surface area contributed by atoms with E-state index in [4.69, 9.17) is 4.98 Å². The second kappa shape index (κ2) is 11.5. The maximum absolute atomic E-state index is 12.9. The van der Waals surface area contributed by atoms with Gasteiger partial charge in [-0.25, -0.2) is 4.98 Å². The Balaban J connectivity index is 1.32. The lowest BCUT2D eigenvalue weighted by molar-refractivity contribution is 0.0949. The minimum atomic E-state index is -0.0837. The molecule has 2 N–H and O–H groups in total. The van der Waals surface area contributed by atoms with Gasteiger partial charge in [0.1, 0.15) is 0 Å². The van der Waals surface area contributed by atoms with Crippen LogP contribution in [0.4, 0.5) is 0 Å². The highest BCUT2D eigenvalue weighted by Crippen LogP contribution is 2.34. The van der Waals surface area contributed by atoms with Gasteiger partial charge in [-0.3, -0.25) is 19.7 Å². The number of aromatic amines is 1. The van der Waals surface area contributed by atoms with E-state index < -0.39 is 0 Å². The molecule has 7 nitrogen and oxygen atoms in total. The molecule has 4 aromatic rings. The van der Waals surface area contributed by atoms with Gasteiger partial charge in [-0.2, -0.15) is 0 Å². The summed E-state index contributed by atoms with van der Waals surface area (Å²) in [5, 5.41) is 3.08. The van der Waals surface area contributed by atoms with Crippen molar-refractivity contribution < 1.29 is 4.79 Å². The second-order valence-corrected chi connectivity index (χ2v) is 9.84. The largest absolute Gasteiger partial charge is 0.348 e. The lowest BCUT2D eigenvalue weighted by Gasteiger charge is -2.35. The number of rotatable bonds is 9. The molecule has 1 unspecified atom stereocenters. The van der Waals surface area contributed by atoms with Crippen LogP contribution in [0.1, 0.15) is 68.6 Å². The number of amides is 1. The van der Waals surface area contributed by atoms with Crippen molar-refractivity contribution >= 4 is 5.91 Å². The highest BCUT2D eigenvalue weighted by atomic mass is 16.1. The van der Waals surface area contributed by atoms with Crippen LogP contribution in [0, 0.1) is 13.8 Å². The zero-order chi connectivity index (χ0) is 25.6. The molecule has 1 amide bonds. The highest BCUT2D eigenvalue weighted by molar-refractivity contribution is 5.96. The van der Waals surface area contributed by atoms with Crippen LogP contribution in [0.3, 0.4) is 0 Å². The van der Waals surface area contributed by atoms with Crippen molar-refractivity contribution in [3.63, 3.8) is 0 Å². The molecule has 0 fully saturated rings. The van der Waals surface area contributed by atoms with Gasteiger partial charge in [0.25, 0.3) is 5.91 Å². The zero-order valence-corrected chi connectivity index (χ0v) is 21.6. The van der Waals surface area contributed by atoms with E-state index >= 15 is 0 Å². The quantitative estimate of drug-likeness (QED) is 0.347. The van der Waals surface area contributed by atoms with E-state index in [1.165, 1.54) is 23.2 Å². The first-order valence-electron chi connectivity index (χ1n) is 13.0. The van der Waals surface area contributed by atoms with E-state index in [2.05, 4.69) is 55.5 Å². The Morgan fingerprint density at radius 1 is 1.11 bits per heavy atom. The summed E-state index contributed by atoms with van der Waals surface area (Å²) in [4.78, 5) is 31.9. The fourth-order valence-electron chi connectivity index (χ4n) is 5.35. The summed E-state index contributed by atoms with van der Waals surface area (Å²) in [6, 6.07) is 14.9. The predicted molar refractivity (Wildman–Crippen MR) is 144 cm³/mol. The number of pyridine rings is 2. The highest BCUT2D eigenvalue weighted by Gasteiger charge is 2.27. The predicted octanol–water partition coefficient (Wildman–Crippen LogP) is 4.87. The molecule has 37 heavy (non-hydrogen) atoms. The summed E-state index contributed by atoms with van der Waals surface area (Å²) in [6.07, 6.45) is 11.6. The Bertz CT molecular complexity index is 1330. The topological polar surface area (TPSA) is 86.8 Å². The van der Waals surface area contributed by atoms with Gasteiger partial charge in [0.05, 0.1) is 29.3 Å². The number of hydrogen-bond donors (Lipinski definition) is 2. The first-order chi connectivity index (χ1) is 18.1. The molecule has 0 saturated heterocycles. The number of carbonyl (C=O) groups excluding carboxylic acids is 1. The van der Waals surface area contributed by atoms with Crippen LogP contribution >= 0.6 is 0 Å². The number of benzene rings is 1. The Morgan fingerprint density at radius 3 is 2.84 bits per heavy atom. The van der Waals surface area contributed by atoms with Gasteiger partial charge < -0.3 is 10.3 Å². The fourth-order valence-corrected chi connectivity index (χ4v) is 5.35. The molecule has 190 valence electrons. The number of imidazole rings is 1. The summed E-state index contributed by atoms with van der Waals surface area (Å²) in [6.45, 7) is 6.02. The van der Waals surface area contributed by atoms with Crippen molar-refractivity contribution in [2.45, 2.75) is 58.7 Å². The normalized spacial score (nSPS) is 14.9. The number of fused-ring (bicyclic) bond motifs is 1. The van der Waals surface area contributed by atoms with E-state index in [1.54, 1.807) is 12.5 Å². The Morgan fingerprint density at radius 2 is 2.00 bits per heavy atom. The summed E-state index contributed by atoms with van der Waals surface area (Å²) in [5.74, 6) is -0.0837. The second-order valence-electron chi connectivity index (χ2n) is 9.84. The van der Waals surface area contributed by atoms with E-state index in [0.29, 0.717) is 12.1 Å². The molecule has 3 aromatic heterocycles. The number of aromatic nitrogens is 4. The van der Waals surface area contributed by atoms with Gasteiger partial charge in [0.2, 0.25) is 0 Å². The number of hydrogen-bond acceptors (Lipinski definition) is 5. The monoisotopic (exact) mass is 494 g/mol. The molecule has 1 aromatic carbocycles. The first-order valence-corrected chi connectivity index (χ1v) is 13.0. The summed E-state index contributed by atoms with van der Waals surface area (Å²) in [7, 11) is 0. The number of aryl methyl sites for hydroxylation is 3. The smallest absolute Gasteiger partial charge is 0.253 e. The lowest BCUT2D eigenvalue weighted by atomic mass is 9.90. The summed E-state index contributed by atoms with van der Waals surface area (Å²) >= 11 is 0. The zero-order valence-electron chi connectivity index (χ0n) is 21.6. The summed E-state index contributed by atoms with van der Waals surface area (Å²) in [5.41, 5.74) is 8.38. The molecular formula is C30H34N6O. The molecule has 0 spiro atoms. The molecule has 3 heterocycles. The first kappa shape index (κ1) is 24.8. The average Bonchev–Trinajstić information content (AvgIpc) is 3.43. The van der Waals surface area contributed by atoms with Crippen LogP contribution in [0.5, 0.6) is 0 Å². The van der Waals surface area contributed by atoms with E-state index in [0.717, 1.165) is 54.9 Å². The van der Waals surface area contributed by atoms with Crippen molar-refractivity contribution in [1.29, 1.82) is 0 Å². The molecule has 7 heteroatoms. The van der Waals surface area contributed by atoms with Gasteiger partial charge in [0, 0.05) is 50.3 Å². The van der Waals surface area contributed by atoms with Crippen LogP contribution in [-0.2, 0) is 25.9 Å². The van der Waals surface area contributed by atoms with E-state index in [9.17, 15) is 4.79 Å². The molecule has 1 aliphatic rings. The Hall–Kier alpha value is -3.84. The van der Waals surface area contributed by atoms with Crippen molar-refractivity contribution in [2.75, 3.05) is 6.54 Å². The van der Waals surface area contributed by atoms with Crippen molar-refractivity contribution in [3.8, 4) is 0 Å². The molecule has 0 bridgehead atoms. The van der Waals surface area contributed by atoms with Crippen molar-refractivity contribution in [1.82, 2.24) is 30.2 Å². The van der Waals surface area contributed by atoms with Gasteiger partial charge in [-0.15, -0.1) is 0 Å². The molecule has 0 radical (unpaired) electrons. The standard InChI is InChI=1S/C30H34N6O/c1-21-11-14-32-22(2)28(21)30(37)34-17-23-6-3-7-24(16-23)19-36(15-12-26-18-31-20-35-26)27-10-4-8-25-9-5-13-33-29(25)27/h3,5-7,9,11,13-14,16,18,20,27H,4,8,10,12,15,17,19H2,1-2H3,(H,31,35)(H,34,37). The lowest BCUT2D eigenvalue weighted by Crippen LogP contribution is -2.33. The fraction of sp³-hybridized carbons (Fsp3) is 0.333. The van der Waals surface area contributed by atoms with Crippen LogP contribution in [-0.4, -0.2) is 37.3 Å². The van der Waals surface area contributed by atoms with Crippen LogP contribution in [0.15, 0.2) is 67.4 Å². The van der Waals surface area contributed by atoms with E-state index in [1.807, 2.05) is 38.4 Å². The number of nitrogens with zero attached hydrogens (tertiary/aromatic N) is 4. The summed E-state index contributed by atoms with van der Waals surface area (Å²) < 4.78 is 0. The van der Waals surface area contributed by atoms with Gasteiger partial charge in [0.15, 0.2) is 0 Å². The molecule has 0 saturated carbocycles. The minimum Gasteiger partial charge on any atom is -0.348 e. The third-order valence-electron chi connectivity index (χ3n) is 7.24. The Kier molecular flexibility index (Phi) is 7.70. The van der Waals surface area contributed by atoms with Crippen LogP contribution in [0.2, 0.25) is 0 Å². The number of carbonyl (C=O) groups is 1. The van der Waals surface area contributed by atoms with Crippen molar-refractivity contribution in [2.24, 2.45) is 0 Å². The SMILES string of the molecule is Cc1ccnc(C)c1C(=O)NCc1cccc(CN(CCc2cnc[nH]2)C2CCCc3cccnc32)c1. The third-order valence-corrected chi connectivity index (χ3v) is 7.24. The minimum absolute atomic E-state index is 0.0837. The molecule has 1 atom stereocenters. The van der Waals surface area contributed by atoms with Crippen molar-refractivity contribution in [3.05, 3.63) is 112 Å². The molecule has 5 rings (SSSR count). The molecular weight excluding hydrogens is 460 g/mol. The van der Waals surface area contributed by atoms with Gasteiger partial charge in [-0.05, 0) is 67.5 Å². The maximum atomic E-state index is 12.9. The number of H-pyrrole nitrogens is 1. The third kappa shape index (κ3) is 5.94. The van der Waals surface area contributed by atoms with Crippen LogP contribution < -0.4 is 5.32 Å². The van der Waals surface area contributed by atoms with E-state index in [-0.39, 0.29) is 11.9 Å². The average molecular weight is 495 g/mol. The van der Waals surface area contributed by atoms with Crippen LogP contribution in [0.25, 0.3) is 0 Å². The van der Waals surface area contributed by atoms with Gasteiger partial charge >= 0.3 is 0 Å². The van der Waals surface area contributed by atoms with Gasteiger partial charge in [-0.1, -0.05) is 30.3 Å². The maximum Gasteiger partial charge on any atom is 0.253 e. The molecule has 0 aliphatic heterocycles.